The van der Waals surface area contributed by atoms with Crippen molar-refractivity contribution < 1.29 is 30.4 Å². The smallest absolute Gasteiger partial charge is 0.267 e. The molecule has 0 N–H and O–H groups in total. The number of nitrogens with zero attached hydrogens (tertiary/aromatic N) is 4. The molecule has 0 aliphatic carbocycles. The summed E-state index contributed by atoms with van der Waals surface area (Å²) >= 11 is 0. The van der Waals surface area contributed by atoms with Gasteiger partial charge >= 0.3 is 0 Å². The molecule has 3 heterocycles. The molecule has 6 heteroatoms. The Bertz CT molecular complexity index is 3480. The molecule has 70 heavy (non-hydrogen) atoms. The predicted octanol–water partition coefficient (Wildman–Crippen LogP) is 15.4. The van der Waals surface area contributed by atoms with Crippen molar-refractivity contribution in [3.63, 3.8) is 0 Å². The normalized spacial score (nSPS) is 12.3. The van der Waals surface area contributed by atoms with E-state index < -0.39 is 5.41 Å². The second-order valence-corrected chi connectivity index (χ2v) is 21.5. The Labute approximate surface area is 428 Å². The number of aromatic nitrogens is 4. The zero-order valence-corrected chi connectivity index (χ0v) is 44.1. The van der Waals surface area contributed by atoms with Crippen molar-refractivity contribution in [3.8, 4) is 39.8 Å². The molecule has 0 fully saturated rings. The van der Waals surface area contributed by atoms with Crippen LogP contribution in [0.1, 0.15) is 103 Å². The minimum atomic E-state index is -0.441. The first-order valence-electron chi connectivity index (χ1n) is 24.0. The first-order chi connectivity index (χ1) is 32.9. The Balaban J connectivity index is 0.00000608. The summed E-state index contributed by atoms with van der Waals surface area (Å²) in [4.78, 5) is 4.91. The molecule has 7 aromatic carbocycles. The van der Waals surface area contributed by atoms with Crippen LogP contribution >= 0.6 is 0 Å². The quantitative estimate of drug-likeness (QED) is 0.101. The molecule has 354 valence electrons. The number of hydrogen-bond acceptors (Lipinski definition) is 2. The van der Waals surface area contributed by atoms with E-state index in [2.05, 4.69) is 271 Å². The van der Waals surface area contributed by atoms with Crippen LogP contribution < -0.4 is 9.30 Å². The summed E-state index contributed by atoms with van der Waals surface area (Å²) in [6, 6.07) is 67.9. The third-order valence-corrected chi connectivity index (χ3v) is 13.9. The molecule has 0 saturated carbocycles. The Morgan fingerprint density at radius 3 is 1.80 bits per heavy atom. The van der Waals surface area contributed by atoms with Crippen molar-refractivity contribution in [2.75, 3.05) is 0 Å². The van der Waals surface area contributed by atoms with Crippen molar-refractivity contribution in [2.24, 2.45) is 0 Å². The van der Waals surface area contributed by atoms with E-state index in [4.69, 9.17) is 9.72 Å². The number of fused-ring (bicyclic) bond motifs is 3. The predicted molar refractivity (Wildman–Crippen MR) is 282 cm³/mol. The van der Waals surface area contributed by atoms with E-state index in [9.17, 15) is 0 Å². The molecule has 0 atom stereocenters. The molecule has 0 saturated heterocycles. The van der Waals surface area contributed by atoms with Crippen molar-refractivity contribution in [3.05, 3.63) is 234 Å². The summed E-state index contributed by atoms with van der Waals surface area (Å²) in [7, 11) is 0. The Kier molecular flexibility index (Phi) is 12.7. The third-order valence-electron chi connectivity index (χ3n) is 13.9. The first kappa shape index (κ1) is 48.2. The number of ether oxygens (including phenoxy) is 1. The average Bonchev–Trinajstić information content (AvgIpc) is 3.95. The van der Waals surface area contributed by atoms with Crippen molar-refractivity contribution in [1.29, 1.82) is 0 Å². The van der Waals surface area contributed by atoms with Crippen molar-refractivity contribution in [1.82, 2.24) is 14.1 Å². The molecule has 0 amide bonds. The summed E-state index contributed by atoms with van der Waals surface area (Å²) in [5.41, 5.74) is 12.2. The molecule has 0 aliphatic rings. The molecule has 10 rings (SSSR count). The molecule has 0 radical (unpaired) electrons. The van der Waals surface area contributed by atoms with Crippen LogP contribution in [-0.2, 0) is 42.7 Å². The molecule has 5 nitrogen and oxygen atoms in total. The summed E-state index contributed by atoms with van der Waals surface area (Å²) < 4.78 is 13.5. The molecule has 3 aromatic heterocycles. The number of benzene rings is 7. The van der Waals surface area contributed by atoms with E-state index in [1.807, 2.05) is 12.3 Å². The van der Waals surface area contributed by atoms with Crippen LogP contribution in [0.2, 0.25) is 0 Å². The van der Waals surface area contributed by atoms with Crippen molar-refractivity contribution >= 4 is 21.8 Å². The topological polar surface area (TPSA) is 35.9 Å². The van der Waals surface area contributed by atoms with Gasteiger partial charge in [-0.05, 0) is 85.6 Å². The second-order valence-electron chi connectivity index (χ2n) is 21.5. The van der Waals surface area contributed by atoms with Gasteiger partial charge in [-0.15, -0.1) is 29.7 Å². The summed E-state index contributed by atoms with van der Waals surface area (Å²) in [6.07, 6.45) is 8.02. The van der Waals surface area contributed by atoms with Crippen molar-refractivity contribution in [2.45, 2.75) is 90.9 Å². The Morgan fingerprint density at radius 2 is 1.13 bits per heavy atom. The SMILES string of the molecule is CC(C)(C)c1cc(Oc2[c-]c3c(cc2)c2ccccc2n3-c2cc(C(C)(C)C)ccn2)[c-]c(-n2[c-][n+](-c3cc(-c4ccccc4)cc(C(C)(C)c4ccccc4)c3)cc2C(C)(C)c2ccccc2)c1.[Pt]. The van der Waals surface area contributed by atoms with E-state index >= 15 is 0 Å². The summed E-state index contributed by atoms with van der Waals surface area (Å²) in [5, 5.41) is 2.22. The van der Waals surface area contributed by atoms with Gasteiger partial charge in [-0.25, -0.2) is 4.98 Å². The summed E-state index contributed by atoms with van der Waals surface area (Å²) in [5.74, 6) is 2.04. The molecule has 0 bridgehead atoms. The number of hydrogen-bond donors (Lipinski definition) is 0. The van der Waals surface area contributed by atoms with E-state index in [1.54, 1.807) is 0 Å². The minimum absolute atomic E-state index is 0. The van der Waals surface area contributed by atoms with Crippen LogP contribution in [0, 0.1) is 18.5 Å². The second kappa shape index (κ2) is 18.5. The monoisotopic (exact) mass is 1100 g/mol. The van der Waals surface area contributed by atoms with Gasteiger partial charge in [0, 0.05) is 61.3 Å². The number of rotatable bonds is 10. The fraction of sp³-hybridized carbons (Fsp3) is 0.219. The fourth-order valence-corrected chi connectivity index (χ4v) is 9.49. The van der Waals surface area contributed by atoms with Gasteiger partial charge in [-0.3, -0.25) is 4.57 Å². The maximum absolute atomic E-state index is 6.93. The van der Waals surface area contributed by atoms with Gasteiger partial charge < -0.3 is 13.9 Å². The molecule has 10 aromatic rings. The summed E-state index contributed by atoms with van der Waals surface area (Å²) in [6.45, 7) is 22.6. The molecule has 0 aliphatic heterocycles. The van der Waals surface area contributed by atoms with Gasteiger partial charge in [0.15, 0.2) is 0 Å². The fourth-order valence-electron chi connectivity index (χ4n) is 9.49. The zero-order valence-electron chi connectivity index (χ0n) is 41.8. The Hall–Kier alpha value is -6.81. The third kappa shape index (κ3) is 9.20. The molecular formula is C64H60N4OPt-2. The van der Waals surface area contributed by atoms with Gasteiger partial charge in [0.25, 0.3) is 6.33 Å². The standard InChI is InChI=1S/C64H60N4O.Pt/c1-61(2,3)48-32-33-65-60(39-48)68-57-29-21-20-28-55(57)56-31-30-53(41-58(56)68)69-54-38-49(62(4,5)6)36-52(40-54)67-43-66(42-59(67)64(9,10)47-26-18-13-19-27-47)51-35-45(44-22-14-11-15-23-44)34-50(37-51)63(7,8)46-24-16-12-17-25-46;/h11-39,42H,1-10H3;/q-2;. The molecule has 0 spiro atoms. The average molecular weight is 1100 g/mol. The van der Waals surface area contributed by atoms with Crippen LogP contribution in [0.15, 0.2) is 182 Å². The zero-order chi connectivity index (χ0) is 48.3. The van der Waals surface area contributed by atoms with Gasteiger partial charge in [-0.1, -0.05) is 190 Å². The maximum Gasteiger partial charge on any atom is 0.267 e. The van der Waals surface area contributed by atoms with Gasteiger partial charge in [-0.2, -0.15) is 17.7 Å². The van der Waals surface area contributed by atoms with Crippen LogP contribution in [0.25, 0.3) is 50.1 Å². The number of pyridine rings is 1. The molecular weight excluding hydrogens is 1040 g/mol. The van der Waals surface area contributed by atoms with Crippen LogP contribution in [0.5, 0.6) is 11.5 Å². The van der Waals surface area contributed by atoms with Crippen LogP contribution in [0.3, 0.4) is 0 Å². The number of imidazole rings is 1. The van der Waals surface area contributed by atoms with E-state index in [0.29, 0.717) is 11.5 Å². The van der Waals surface area contributed by atoms with Gasteiger partial charge in [0.1, 0.15) is 5.82 Å². The van der Waals surface area contributed by atoms with E-state index in [-0.39, 0.29) is 37.3 Å². The molecule has 0 unspecified atom stereocenters. The van der Waals surface area contributed by atoms with E-state index in [0.717, 1.165) is 61.4 Å². The van der Waals surface area contributed by atoms with E-state index in [1.165, 1.54) is 22.3 Å². The minimum Gasteiger partial charge on any atom is -0.510 e. The van der Waals surface area contributed by atoms with Gasteiger partial charge in [0.2, 0.25) is 0 Å². The maximum atomic E-state index is 6.93. The van der Waals surface area contributed by atoms with Gasteiger partial charge in [0.05, 0.1) is 11.4 Å². The largest absolute Gasteiger partial charge is 0.510 e. The van der Waals surface area contributed by atoms with Crippen LogP contribution in [0.4, 0.5) is 0 Å². The first-order valence-corrected chi connectivity index (χ1v) is 24.0. The number of para-hydroxylation sites is 1. The van der Waals surface area contributed by atoms with Crippen LogP contribution in [-0.4, -0.2) is 14.1 Å². The Morgan fingerprint density at radius 1 is 0.500 bits per heavy atom.